The average Bonchev–Trinajstić information content (AvgIpc) is 2.49. The van der Waals surface area contributed by atoms with Crippen LogP contribution in [-0.4, -0.2) is 48.9 Å². The van der Waals surface area contributed by atoms with Crippen LogP contribution < -0.4 is 10.6 Å². The normalized spacial score (nSPS) is 17.3. The third-order valence-electron chi connectivity index (χ3n) is 4.38. The Morgan fingerprint density at radius 1 is 1.10 bits per heavy atom. The predicted octanol–water partition coefficient (Wildman–Crippen LogP) is 1.67. The van der Waals surface area contributed by atoms with Crippen LogP contribution in [0.5, 0.6) is 0 Å². The van der Waals surface area contributed by atoms with Crippen molar-refractivity contribution in [1.82, 2.24) is 15.5 Å². The maximum absolute atomic E-state index is 12.8. The Hall–Kier alpha value is -1.10. The van der Waals surface area contributed by atoms with Gasteiger partial charge in [-0.2, -0.15) is 0 Å². The minimum absolute atomic E-state index is 0.00709. The van der Waals surface area contributed by atoms with Crippen molar-refractivity contribution in [1.29, 1.82) is 0 Å². The van der Waals surface area contributed by atoms with Crippen LogP contribution >= 0.6 is 0 Å². The van der Waals surface area contributed by atoms with Crippen molar-refractivity contribution in [3.63, 3.8) is 0 Å². The molecule has 0 aliphatic heterocycles. The molecule has 0 heterocycles. The fourth-order valence-corrected chi connectivity index (χ4v) is 3.12. The molecule has 21 heavy (non-hydrogen) atoms. The Kier molecular flexibility index (Phi) is 7.72. The summed E-state index contributed by atoms with van der Waals surface area (Å²) in [7, 11) is 1.88. The van der Waals surface area contributed by atoms with E-state index in [1.165, 1.54) is 0 Å². The quantitative estimate of drug-likeness (QED) is 0.670. The van der Waals surface area contributed by atoms with Crippen molar-refractivity contribution in [2.45, 2.75) is 64.3 Å². The van der Waals surface area contributed by atoms with Crippen molar-refractivity contribution in [3.8, 4) is 0 Å². The molecule has 1 aliphatic rings. The Balaban J connectivity index is 2.74. The van der Waals surface area contributed by atoms with E-state index in [2.05, 4.69) is 10.6 Å². The minimum Gasteiger partial charge on any atom is -0.342 e. The number of likely N-dealkylation sites (N-methyl/N-ethyl adjacent to an activating group) is 1. The van der Waals surface area contributed by atoms with Crippen molar-refractivity contribution >= 4 is 11.8 Å². The van der Waals surface area contributed by atoms with Gasteiger partial charge in [-0.25, -0.2) is 0 Å². The van der Waals surface area contributed by atoms with E-state index in [1.54, 1.807) is 0 Å². The summed E-state index contributed by atoms with van der Waals surface area (Å²) in [5.41, 5.74) is -0.652. The zero-order valence-corrected chi connectivity index (χ0v) is 13.8. The van der Waals surface area contributed by atoms with Gasteiger partial charge in [-0.1, -0.05) is 19.3 Å². The number of hydrogen-bond donors (Lipinski definition) is 2. The van der Waals surface area contributed by atoms with E-state index in [9.17, 15) is 9.59 Å². The van der Waals surface area contributed by atoms with E-state index in [0.717, 1.165) is 45.1 Å². The van der Waals surface area contributed by atoms with Crippen LogP contribution in [0.1, 0.15) is 58.8 Å². The highest BCUT2D eigenvalue weighted by Crippen LogP contribution is 2.30. The molecule has 0 unspecified atom stereocenters. The molecule has 1 rings (SSSR count). The van der Waals surface area contributed by atoms with Crippen molar-refractivity contribution in [2.75, 3.05) is 26.7 Å². The fourth-order valence-electron chi connectivity index (χ4n) is 3.12. The van der Waals surface area contributed by atoms with Gasteiger partial charge in [-0.05, 0) is 46.7 Å². The van der Waals surface area contributed by atoms with Crippen molar-refractivity contribution in [3.05, 3.63) is 0 Å². The van der Waals surface area contributed by atoms with Gasteiger partial charge in [0.15, 0.2) is 0 Å². The summed E-state index contributed by atoms with van der Waals surface area (Å²) < 4.78 is 0. The summed E-state index contributed by atoms with van der Waals surface area (Å²) in [6, 6.07) is 0. The van der Waals surface area contributed by atoms with Gasteiger partial charge in [-0.15, -0.1) is 0 Å². The van der Waals surface area contributed by atoms with Crippen LogP contribution in [0, 0.1) is 0 Å². The molecule has 0 spiro atoms. The standard InChI is InChI=1S/C16H31N3O2/c1-4-19(5-2)15(21)16(11-7-6-8-12-16)18-14(20)10-9-13-17-3/h17H,4-13H2,1-3H3,(H,18,20). The highest BCUT2D eigenvalue weighted by Gasteiger charge is 2.42. The number of amides is 2. The lowest BCUT2D eigenvalue weighted by atomic mass is 9.80. The molecule has 0 atom stereocenters. The van der Waals surface area contributed by atoms with Gasteiger partial charge in [0, 0.05) is 19.5 Å². The maximum atomic E-state index is 12.8. The average molecular weight is 297 g/mol. The van der Waals surface area contributed by atoms with Crippen LogP contribution in [0.25, 0.3) is 0 Å². The van der Waals surface area contributed by atoms with E-state index in [4.69, 9.17) is 0 Å². The number of hydrogen-bond acceptors (Lipinski definition) is 3. The first-order valence-corrected chi connectivity index (χ1v) is 8.34. The van der Waals surface area contributed by atoms with Gasteiger partial charge in [0.1, 0.15) is 5.54 Å². The van der Waals surface area contributed by atoms with Crippen LogP contribution in [0.15, 0.2) is 0 Å². The van der Waals surface area contributed by atoms with Gasteiger partial charge in [0.05, 0.1) is 0 Å². The number of nitrogens with one attached hydrogen (secondary N) is 2. The van der Waals surface area contributed by atoms with E-state index in [1.807, 2.05) is 25.8 Å². The van der Waals surface area contributed by atoms with Crippen molar-refractivity contribution in [2.24, 2.45) is 0 Å². The second-order valence-electron chi connectivity index (χ2n) is 5.88. The van der Waals surface area contributed by atoms with Crippen LogP contribution in [0.3, 0.4) is 0 Å². The summed E-state index contributed by atoms with van der Waals surface area (Å²) in [5.74, 6) is 0.113. The Morgan fingerprint density at radius 2 is 1.71 bits per heavy atom. The molecule has 1 aliphatic carbocycles. The molecule has 122 valence electrons. The van der Waals surface area contributed by atoms with E-state index >= 15 is 0 Å². The molecule has 0 aromatic carbocycles. The molecule has 5 heteroatoms. The maximum Gasteiger partial charge on any atom is 0.248 e. The van der Waals surface area contributed by atoms with Crippen LogP contribution in [0.4, 0.5) is 0 Å². The second kappa shape index (κ2) is 9.03. The molecule has 0 radical (unpaired) electrons. The summed E-state index contributed by atoms with van der Waals surface area (Å²) in [5, 5.41) is 6.12. The molecule has 5 nitrogen and oxygen atoms in total. The minimum atomic E-state index is -0.652. The molecule has 2 amide bonds. The lowest BCUT2D eigenvalue weighted by molar-refractivity contribution is -0.143. The number of carbonyl (C=O) groups is 2. The van der Waals surface area contributed by atoms with E-state index in [0.29, 0.717) is 19.5 Å². The number of carbonyl (C=O) groups excluding carboxylic acids is 2. The van der Waals surface area contributed by atoms with E-state index in [-0.39, 0.29) is 11.8 Å². The smallest absolute Gasteiger partial charge is 0.248 e. The number of nitrogens with zero attached hydrogens (tertiary/aromatic N) is 1. The monoisotopic (exact) mass is 297 g/mol. The van der Waals surface area contributed by atoms with Crippen molar-refractivity contribution < 1.29 is 9.59 Å². The third-order valence-corrected chi connectivity index (χ3v) is 4.38. The Morgan fingerprint density at radius 3 is 2.24 bits per heavy atom. The van der Waals surface area contributed by atoms with E-state index < -0.39 is 5.54 Å². The highest BCUT2D eigenvalue weighted by molar-refractivity contribution is 5.91. The molecule has 0 aromatic rings. The predicted molar refractivity (Wildman–Crippen MR) is 85.0 cm³/mol. The second-order valence-corrected chi connectivity index (χ2v) is 5.88. The third kappa shape index (κ3) is 4.99. The first-order valence-electron chi connectivity index (χ1n) is 8.34. The first kappa shape index (κ1) is 18.0. The summed E-state index contributed by atoms with van der Waals surface area (Å²) >= 11 is 0. The molecule has 0 saturated heterocycles. The van der Waals surface area contributed by atoms with Crippen LogP contribution in [0.2, 0.25) is 0 Å². The summed E-state index contributed by atoms with van der Waals surface area (Å²) in [6.07, 6.45) is 6.03. The molecule has 1 fully saturated rings. The topological polar surface area (TPSA) is 61.4 Å². The summed E-state index contributed by atoms with van der Waals surface area (Å²) in [6.45, 7) is 6.21. The molecular weight excluding hydrogens is 266 g/mol. The molecule has 0 bridgehead atoms. The zero-order chi connectivity index (χ0) is 15.7. The van der Waals surface area contributed by atoms with Gasteiger partial charge in [-0.3, -0.25) is 9.59 Å². The lowest BCUT2D eigenvalue weighted by Gasteiger charge is -2.40. The molecule has 0 aromatic heterocycles. The molecule has 1 saturated carbocycles. The largest absolute Gasteiger partial charge is 0.342 e. The Bertz CT molecular complexity index is 334. The summed E-state index contributed by atoms with van der Waals surface area (Å²) in [4.78, 5) is 26.9. The fraction of sp³-hybridized carbons (Fsp3) is 0.875. The molecular formula is C16H31N3O2. The highest BCUT2D eigenvalue weighted by atomic mass is 16.2. The van der Waals surface area contributed by atoms with Crippen LogP contribution in [-0.2, 0) is 9.59 Å². The SMILES string of the molecule is CCN(CC)C(=O)C1(NC(=O)CCCNC)CCCCC1. The van der Waals surface area contributed by atoms with Gasteiger partial charge in [0.25, 0.3) is 0 Å². The lowest BCUT2D eigenvalue weighted by Crippen LogP contribution is -2.60. The first-order chi connectivity index (χ1) is 10.1. The zero-order valence-electron chi connectivity index (χ0n) is 13.8. The Labute approximate surface area is 128 Å². The number of rotatable bonds is 8. The van der Waals surface area contributed by atoms with Gasteiger partial charge < -0.3 is 15.5 Å². The molecule has 2 N–H and O–H groups in total. The van der Waals surface area contributed by atoms with Gasteiger partial charge in [0.2, 0.25) is 11.8 Å². The van der Waals surface area contributed by atoms with Gasteiger partial charge >= 0.3 is 0 Å².